The molecule has 20 heavy (non-hydrogen) atoms. The molecule has 0 aromatic carbocycles. The van der Waals surface area contributed by atoms with Crippen molar-refractivity contribution in [2.24, 2.45) is 5.92 Å². The van der Waals surface area contributed by atoms with E-state index in [4.69, 9.17) is 0 Å². The molecule has 0 radical (unpaired) electrons. The number of likely N-dealkylation sites (tertiary alicyclic amines) is 2. The van der Waals surface area contributed by atoms with Gasteiger partial charge in [0.2, 0.25) is 0 Å². The standard InChI is InChI=1S/C16H25N3O/c1-13-6-9-18(10-7-13)16(20)15(11-17)12-19-8-4-3-5-14(19)2/h12-14H,3-10H2,1-2H3/b15-12-. The average molecular weight is 275 g/mol. The number of rotatable bonds is 2. The van der Waals surface area contributed by atoms with Gasteiger partial charge in [-0.25, -0.2) is 0 Å². The SMILES string of the molecule is CC1CCN(C(=O)/C(C#N)=C\N2CCCCC2C)CC1. The molecular formula is C16H25N3O. The molecule has 0 spiro atoms. The lowest BCUT2D eigenvalue weighted by Gasteiger charge is -2.33. The molecule has 2 heterocycles. The monoisotopic (exact) mass is 275 g/mol. The Morgan fingerprint density at radius 3 is 2.45 bits per heavy atom. The van der Waals surface area contributed by atoms with E-state index in [0.717, 1.165) is 45.3 Å². The molecule has 1 unspecified atom stereocenters. The summed E-state index contributed by atoms with van der Waals surface area (Å²) in [5, 5.41) is 9.30. The van der Waals surface area contributed by atoms with E-state index < -0.39 is 0 Å². The van der Waals surface area contributed by atoms with Crippen molar-refractivity contribution in [3.8, 4) is 6.07 Å². The van der Waals surface area contributed by atoms with Gasteiger partial charge in [-0.3, -0.25) is 4.79 Å². The Balaban J connectivity index is 2.03. The minimum atomic E-state index is -0.0860. The Hall–Kier alpha value is -1.50. The van der Waals surface area contributed by atoms with E-state index in [-0.39, 0.29) is 5.91 Å². The van der Waals surface area contributed by atoms with Gasteiger partial charge in [0, 0.05) is 31.9 Å². The first-order chi connectivity index (χ1) is 9.61. The zero-order valence-electron chi connectivity index (χ0n) is 12.6. The molecule has 0 aromatic heterocycles. The fourth-order valence-corrected chi connectivity index (χ4v) is 2.99. The third-order valence-electron chi connectivity index (χ3n) is 4.57. The summed E-state index contributed by atoms with van der Waals surface area (Å²) in [4.78, 5) is 16.4. The van der Waals surface area contributed by atoms with E-state index in [1.165, 1.54) is 6.42 Å². The van der Waals surface area contributed by atoms with Crippen LogP contribution in [0.25, 0.3) is 0 Å². The highest BCUT2D eigenvalue weighted by Gasteiger charge is 2.24. The number of hydrogen-bond donors (Lipinski definition) is 0. The van der Waals surface area contributed by atoms with Gasteiger partial charge >= 0.3 is 0 Å². The lowest BCUT2D eigenvalue weighted by Crippen LogP contribution is -2.40. The molecule has 4 heteroatoms. The van der Waals surface area contributed by atoms with Crippen LogP contribution in [0.2, 0.25) is 0 Å². The predicted octanol–water partition coefficient (Wildman–Crippen LogP) is 2.53. The number of piperidine rings is 2. The van der Waals surface area contributed by atoms with Gasteiger partial charge in [0.1, 0.15) is 11.6 Å². The Labute approximate surface area is 122 Å². The molecule has 2 aliphatic heterocycles. The number of nitriles is 1. The molecule has 110 valence electrons. The van der Waals surface area contributed by atoms with Crippen LogP contribution >= 0.6 is 0 Å². The second-order valence-electron chi connectivity index (χ2n) is 6.21. The highest BCUT2D eigenvalue weighted by molar-refractivity contribution is 5.97. The van der Waals surface area contributed by atoms with Crippen molar-refractivity contribution >= 4 is 5.91 Å². The summed E-state index contributed by atoms with van der Waals surface area (Å²) in [6.45, 7) is 6.91. The molecule has 2 fully saturated rings. The minimum Gasteiger partial charge on any atom is -0.373 e. The zero-order chi connectivity index (χ0) is 14.5. The van der Waals surface area contributed by atoms with Crippen molar-refractivity contribution in [1.29, 1.82) is 5.26 Å². The topological polar surface area (TPSA) is 47.3 Å². The van der Waals surface area contributed by atoms with Crippen LogP contribution in [-0.2, 0) is 4.79 Å². The van der Waals surface area contributed by atoms with E-state index in [2.05, 4.69) is 24.8 Å². The van der Waals surface area contributed by atoms with Crippen LogP contribution in [0.5, 0.6) is 0 Å². The number of carbonyl (C=O) groups is 1. The molecule has 0 saturated carbocycles. The van der Waals surface area contributed by atoms with Crippen molar-refractivity contribution in [2.45, 2.75) is 52.0 Å². The van der Waals surface area contributed by atoms with Crippen LogP contribution in [0.1, 0.15) is 46.0 Å². The molecule has 1 amide bonds. The lowest BCUT2D eigenvalue weighted by atomic mass is 9.98. The number of nitrogens with zero attached hydrogens (tertiary/aromatic N) is 3. The predicted molar refractivity (Wildman–Crippen MR) is 78.7 cm³/mol. The molecule has 0 N–H and O–H groups in total. The molecule has 0 aromatic rings. The normalized spacial score (nSPS) is 25.4. The van der Waals surface area contributed by atoms with Gasteiger partial charge < -0.3 is 9.80 Å². The summed E-state index contributed by atoms with van der Waals surface area (Å²) in [5.74, 6) is 0.604. The van der Waals surface area contributed by atoms with Gasteiger partial charge in [-0.1, -0.05) is 6.92 Å². The first-order valence-corrected chi connectivity index (χ1v) is 7.78. The van der Waals surface area contributed by atoms with Gasteiger partial charge in [-0.15, -0.1) is 0 Å². The van der Waals surface area contributed by atoms with Gasteiger partial charge in [0.15, 0.2) is 0 Å². The largest absolute Gasteiger partial charge is 0.373 e. The van der Waals surface area contributed by atoms with Gasteiger partial charge in [-0.05, 0) is 44.9 Å². The Kier molecular flexibility index (Phi) is 5.05. The van der Waals surface area contributed by atoms with E-state index in [1.54, 1.807) is 6.20 Å². The van der Waals surface area contributed by atoms with Gasteiger partial charge in [0.25, 0.3) is 5.91 Å². The van der Waals surface area contributed by atoms with Crippen LogP contribution in [-0.4, -0.2) is 41.4 Å². The molecule has 2 saturated heterocycles. The first-order valence-electron chi connectivity index (χ1n) is 7.78. The van der Waals surface area contributed by atoms with Crippen molar-refractivity contribution in [1.82, 2.24) is 9.80 Å². The molecule has 0 bridgehead atoms. The molecular weight excluding hydrogens is 250 g/mol. The second-order valence-corrected chi connectivity index (χ2v) is 6.21. The maximum absolute atomic E-state index is 12.4. The van der Waals surface area contributed by atoms with E-state index >= 15 is 0 Å². The van der Waals surface area contributed by atoms with Crippen LogP contribution in [0.3, 0.4) is 0 Å². The molecule has 2 rings (SSSR count). The molecule has 0 aliphatic carbocycles. The first kappa shape index (κ1) is 14.9. The zero-order valence-corrected chi connectivity index (χ0v) is 12.6. The van der Waals surface area contributed by atoms with E-state index in [9.17, 15) is 10.1 Å². The Morgan fingerprint density at radius 2 is 1.85 bits per heavy atom. The number of amides is 1. The fraction of sp³-hybridized carbons (Fsp3) is 0.750. The highest BCUT2D eigenvalue weighted by atomic mass is 16.2. The minimum absolute atomic E-state index is 0.0860. The van der Waals surface area contributed by atoms with Crippen molar-refractivity contribution in [3.05, 3.63) is 11.8 Å². The third kappa shape index (κ3) is 3.53. The summed E-state index contributed by atoms with van der Waals surface area (Å²) in [5.41, 5.74) is 0.299. The van der Waals surface area contributed by atoms with Gasteiger partial charge in [-0.2, -0.15) is 5.26 Å². The van der Waals surface area contributed by atoms with Crippen LogP contribution in [0, 0.1) is 17.2 Å². The molecule has 2 aliphatic rings. The number of carbonyl (C=O) groups excluding carboxylic acids is 1. The Morgan fingerprint density at radius 1 is 1.15 bits per heavy atom. The summed E-state index contributed by atoms with van der Waals surface area (Å²) >= 11 is 0. The maximum atomic E-state index is 12.4. The average Bonchev–Trinajstić information content (AvgIpc) is 2.46. The highest BCUT2D eigenvalue weighted by Crippen LogP contribution is 2.20. The quantitative estimate of drug-likeness (QED) is 0.574. The summed E-state index contributed by atoms with van der Waals surface area (Å²) in [7, 11) is 0. The maximum Gasteiger partial charge on any atom is 0.266 e. The Bertz CT molecular complexity index is 416. The molecule has 1 atom stereocenters. The third-order valence-corrected chi connectivity index (χ3v) is 4.57. The van der Waals surface area contributed by atoms with E-state index in [1.807, 2.05) is 4.90 Å². The second kappa shape index (κ2) is 6.78. The van der Waals surface area contributed by atoms with E-state index in [0.29, 0.717) is 17.5 Å². The van der Waals surface area contributed by atoms with Crippen molar-refractivity contribution < 1.29 is 4.79 Å². The van der Waals surface area contributed by atoms with Crippen LogP contribution in [0.15, 0.2) is 11.8 Å². The summed E-state index contributed by atoms with van der Waals surface area (Å²) < 4.78 is 0. The van der Waals surface area contributed by atoms with Crippen molar-refractivity contribution in [2.75, 3.05) is 19.6 Å². The summed E-state index contributed by atoms with van der Waals surface area (Å²) in [6.07, 6.45) is 7.42. The molecule has 4 nitrogen and oxygen atoms in total. The van der Waals surface area contributed by atoms with Crippen LogP contribution in [0.4, 0.5) is 0 Å². The van der Waals surface area contributed by atoms with Crippen LogP contribution < -0.4 is 0 Å². The lowest BCUT2D eigenvalue weighted by molar-refractivity contribution is -0.128. The fourth-order valence-electron chi connectivity index (χ4n) is 2.99. The summed E-state index contributed by atoms with van der Waals surface area (Å²) in [6, 6.07) is 2.54. The van der Waals surface area contributed by atoms with Gasteiger partial charge in [0.05, 0.1) is 0 Å². The van der Waals surface area contributed by atoms with Crippen molar-refractivity contribution in [3.63, 3.8) is 0 Å². The smallest absolute Gasteiger partial charge is 0.266 e. The number of hydrogen-bond acceptors (Lipinski definition) is 3.